The van der Waals surface area contributed by atoms with Crippen molar-refractivity contribution in [1.29, 1.82) is 0 Å². The Morgan fingerprint density at radius 1 is 1.35 bits per heavy atom. The highest BCUT2D eigenvalue weighted by Gasteiger charge is 2.17. The van der Waals surface area contributed by atoms with Crippen LogP contribution >= 0.6 is 0 Å². The maximum atomic E-state index is 11.8. The lowest BCUT2D eigenvalue weighted by Crippen LogP contribution is -2.40. The first kappa shape index (κ1) is 14.2. The fraction of sp³-hybridized carbons (Fsp3) is 0.750. The Bertz CT molecular complexity index is 277. The first-order valence-corrected chi connectivity index (χ1v) is 6.09. The van der Waals surface area contributed by atoms with Crippen molar-refractivity contribution in [3.63, 3.8) is 0 Å². The minimum absolute atomic E-state index is 0.0362. The molecule has 0 aromatic heterocycles. The Morgan fingerprint density at radius 2 is 1.94 bits per heavy atom. The standard InChI is InChI=1S/C12H22N2O3/c1-4-16-11(17-5-2)8-14-12(15)9(3)10-6-13-7-10/h11,13H,4-8H2,1-3H3,(H,14,15). The van der Waals surface area contributed by atoms with Gasteiger partial charge in [0.05, 0.1) is 6.54 Å². The van der Waals surface area contributed by atoms with Crippen LogP contribution in [-0.4, -0.2) is 45.0 Å². The van der Waals surface area contributed by atoms with Gasteiger partial charge in [-0.3, -0.25) is 4.79 Å². The van der Waals surface area contributed by atoms with E-state index in [4.69, 9.17) is 9.47 Å². The van der Waals surface area contributed by atoms with Gasteiger partial charge in [0.25, 0.3) is 0 Å². The largest absolute Gasteiger partial charge is 0.351 e. The molecule has 1 heterocycles. The monoisotopic (exact) mass is 242 g/mol. The number of amides is 1. The summed E-state index contributed by atoms with van der Waals surface area (Å²) in [5, 5.41) is 5.94. The molecule has 98 valence electrons. The third kappa shape index (κ3) is 4.46. The van der Waals surface area contributed by atoms with Crippen LogP contribution in [0.4, 0.5) is 0 Å². The summed E-state index contributed by atoms with van der Waals surface area (Å²) < 4.78 is 10.7. The Morgan fingerprint density at radius 3 is 2.35 bits per heavy atom. The summed E-state index contributed by atoms with van der Waals surface area (Å²) in [5.74, 6) is -0.0362. The molecule has 1 fully saturated rings. The predicted octanol–water partition coefficient (Wildman–Crippen LogP) is 0.421. The van der Waals surface area contributed by atoms with Gasteiger partial charge in [-0.2, -0.15) is 0 Å². The van der Waals surface area contributed by atoms with Gasteiger partial charge in [-0.15, -0.1) is 0 Å². The van der Waals surface area contributed by atoms with Crippen LogP contribution in [0.2, 0.25) is 0 Å². The number of nitrogens with one attached hydrogen (secondary N) is 2. The van der Waals surface area contributed by atoms with E-state index in [2.05, 4.69) is 10.6 Å². The second kappa shape index (κ2) is 7.42. The highest BCUT2D eigenvalue weighted by Crippen LogP contribution is 2.08. The van der Waals surface area contributed by atoms with E-state index >= 15 is 0 Å². The van der Waals surface area contributed by atoms with Crippen molar-refractivity contribution in [1.82, 2.24) is 10.6 Å². The molecule has 0 aromatic carbocycles. The molecule has 5 nitrogen and oxygen atoms in total. The first-order chi connectivity index (χ1) is 8.19. The van der Waals surface area contributed by atoms with Crippen LogP contribution in [0.15, 0.2) is 11.1 Å². The Kier molecular flexibility index (Phi) is 6.18. The zero-order chi connectivity index (χ0) is 12.7. The maximum absolute atomic E-state index is 11.8. The quantitative estimate of drug-likeness (QED) is 0.502. The summed E-state index contributed by atoms with van der Waals surface area (Å²) in [4.78, 5) is 11.8. The number of hydrogen-bond donors (Lipinski definition) is 2. The van der Waals surface area contributed by atoms with Gasteiger partial charge in [-0.05, 0) is 26.3 Å². The van der Waals surface area contributed by atoms with E-state index in [1.54, 1.807) is 0 Å². The van der Waals surface area contributed by atoms with Crippen LogP contribution in [0, 0.1) is 0 Å². The molecule has 1 aliphatic heterocycles. The number of carbonyl (C=O) groups excluding carboxylic acids is 1. The molecule has 0 radical (unpaired) electrons. The fourth-order valence-corrected chi connectivity index (χ4v) is 1.52. The van der Waals surface area contributed by atoms with Gasteiger partial charge >= 0.3 is 0 Å². The van der Waals surface area contributed by atoms with Crippen LogP contribution < -0.4 is 10.6 Å². The summed E-state index contributed by atoms with van der Waals surface area (Å²) in [6.45, 7) is 8.83. The Balaban J connectivity index is 2.35. The van der Waals surface area contributed by atoms with Gasteiger partial charge < -0.3 is 20.1 Å². The van der Waals surface area contributed by atoms with E-state index in [0.717, 1.165) is 18.7 Å². The van der Waals surface area contributed by atoms with Crippen LogP contribution in [0.3, 0.4) is 0 Å². The number of rotatable bonds is 7. The van der Waals surface area contributed by atoms with E-state index in [-0.39, 0.29) is 12.2 Å². The normalized spacial score (nSPS) is 14.7. The molecule has 1 amide bonds. The summed E-state index contributed by atoms with van der Waals surface area (Å²) in [6.07, 6.45) is -0.355. The molecule has 2 N–H and O–H groups in total. The van der Waals surface area contributed by atoms with Crippen molar-refractivity contribution in [2.24, 2.45) is 0 Å². The van der Waals surface area contributed by atoms with Crippen molar-refractivity contribution in [3.8, 4) is 0 Å². The fourth-order valence-electron chi connectivity index (χ4n) is 1.52. The summed E-state index contributed by atoms with van der Waals surface area (Å²) in [6, 6.07) is 0. The van der Waals surface area contributed by atoms with Crippen LogP contribution in [0.5, 0.6) is 0 Å². The highest BCUT2D eigenvalue weighted by molar-refractivity contribution is 5.93. The van der Waals surface area contributed by atoms with Crippen LogP contribution in [-0.2, 0) is 14.3 Å². The van der Waals surface area contributed by atoms with Crippen molar-refractivity contribution < 1.29 is 14.3 Å². The van der Waals surface area contributed by atoms with Gasteiger partial charge in [0, 0.05) is 31.9 Å². The van der Waals surface area contributed by atoms with E-state index < -0.39 is 0 Å². The Labute approximate surface area is 103 Å². The average molecular weight is 242 g/mol. The molecule has 1 rings (SSSR count). The average Bonchev–Trinajstić information content (AvgIpc) is 2.23. The van der Waals surface area contributed by atoms with E-state index in [1.165, 1.54) is 5.57 Å². The van der Waals surface area contributed by atoms with Gasteiger partial charge in [0.15, 0.2) is 6.29 Å². The minimum atomic E-state index is -0.355. The molecule has 0 bridgehead atoms. The molecule has 0 atom stereocenters. The molecule has 0 unspecified atom stereocenters. The molecule has 0 saturated carbocycles. The molecule has 17 heavy (non-hydrogen) atoms. The molecular formula is C12H22N2O3. The lowest BCUT2D eigenvalue weighted by atomic mass is 10.0. The molecule has 1 aliphatic rings. The van der Waals surface area contributed by atoms with Crippen molar-refractivity contribution >= 4 is 5.91 Å². The minimum Gasteiger partial charge on any atom is -0.351 e. The smallest absolute Gasteiger partial charge is 0.247 e. The third-order valence-corrected chi connectivity index (χ3v) is 2.68. The SMILES string of the molecule is CCOC(CNC(=O)C(C)=C1CNC1)OCC. The van der Waals surface area contributed by atoms with Gasteiger partial charge in [0.2, 0.25) is 5.91 Å². The third-order valence-electron chi connectivity index (χ3n) is 2.68. The van der Waals surface area contributed by atoms with Crippen LogP contribution in [0.1, 0.15) is 20.8 Å². The summed E-state index contributed by atoms with van der Waals surface area (Å²) in [5.41, 5.74) is 1.97. The number of carbonyl (C=O) groups is 1. The summed E-state index contributed by atoms with van der Waals surface area (Å²) in [7, 11) is 0. The van der Waals surface area contributed by atoms with Crippen molar-refractivity contribution in [2.45, 2.75) is 27.1 Å². The maximum Gasteiger partial charge on any atom is 0.247 e. The molecule has 0 aliphatic carbocycles. The summed E-state index contributed by atoms with van der Waals surface area (Å²) >= 11 is 0. The zero-order valence-electron chi connectivity index (χ0n) is 10.8. The number of ether oxygens (including phenoxy) is 2. The molecule has 1 saturated heterocycles. The van der Waals surface area contributed by atoms with Crippen molar-refractivity contribution in [2.75, 3.05) is 32.8 Å². The zero-order valence-corrected chi connectivity index (χ0v) is 10.8. The van der Waals surface area contributed by atoms with E-state index in [1.807, 2.05) is 20.8 Å². The lowest BCUT2D eigenvalue weighted by Gasteiger charge is -2.22. The topological polar surface area (TPSA) is 59.6 Å². The molecular weight excluding hydrogens is 220 g/mol. The van der Waals surface area contributed by atoms with E-state index in [0.29, 0.717) is 19.8 Å². The lowest BCUT2D eigenvalue weighted by molar-refractivity contribution is -0.139. The van der Waals surface area contributed by atoms with Gasteiger partial charge in [-0.25, -0.2) is 0 Å². The predicted molar refractivity (Wildman–Crippen MR) is 65.6 cm³/mol. The van der Waals surface area contributed by atoms with Gasteiger partial charge in [0.1, 0.15) is 0 Å². The second-order valence-electron chi connectivity index (χ2n) is 3.88. The second-order valence-corrected chi connectivity index (χ2v) is 3.88. The van der Waals surface area contributed by atoms with Crippen LogP contribution in [0.25, 0.3) is 0 Å². The molecule has 0 spiro atoms. The van der Waals surface area contributed by atoms with Crippen molar-refractivity contribution in [3.05, 3.63) is 11.1 Å². The highest BCUT2D eigenvalue weighted by atomic mass is 16.7. The molecule has 0 aromatic rings. The number of hydrogen-bond acceptors (Lipinski definition) is 4. The van der Waals surface area contributed by atoms with Gasteiger partial charge in [-0.1, -0.05) is 0 Å². The Hall–Kier alpha value is -0.910. The first-order valence-electron chi connectivity index (χ1n) is 6.09. The van der Waals surface area contributed by atoms with E-state index in [9.17, 15) is 4.79 Å². The molecule has 5 heteroatoms.